The fourth-order valence-corrected chi connectivity index (χ4v) is 2.13. The molecule has 0 bridgehead atoms. The van der Waals surface area contributed by atoms with Crippen molar-refractivity contribution in [2.45, 2.75) is 6.54 Å². The predicted octanol–water partition coefficient (Wildman–Crippen LogP) is 2.17. The number of nitrogens with two attached hydrogens (primary N) is 1. The molecule has 2 N–H and O–H groups in total. The van der Waals surface area contributed by atoms with Crippen molar-refractivity contribution in [3.63, 3.8) is 0 Å². The van der Waals surface area contributed by atoms with Crippen LogP contribution in [0, 0.1) is 5.82 Å². The van der Waals surface area contributed by atoms with Gasteiger partial charge in [0.25, 0.3) is 5.56 Å². The van der Waals surface area contributed by atoms with E-state index in [1.165, 1.54) is 16.8 Å². The van der Waals surface area contributed by atoms with Crippen LogP contribution >= 0.6 is 0 Å². The lowest BCUT2D eigenvalue weighted by Crippen LogP contribution is -2.24. The zero-order chi connectivity index (χ0) is 14.1. The summed E-state index contributed by atoms with van der Waals surface area (Å²) in [7, 11) is 0. The zero-order valence-corrected chi connectivity index (χ0v) is 10.6. The summed E-state index contributed by atoms with van der Waals surface area (Å²) >= 11 is 0. The number of benzene rings is 2. The van der Waals surface area contributed by atoms with E-state index in [9.17, 15) is 9.18 Å². The molecule has 0 saturated heterocycles. The highest BCUT2D eigenvalue weighted by molar-refractivity contribution is 5.80. The molecule has 0 aliphatic carbocycles. The quantitative estimate of drug-likeness (QED) is 0.725. The summed E-state index contributed by atoms with van der Waals surface area (Å²) < 4.78 is 15.0. The van der Waals surface area contributed by atoms with Crippen molar-refractivity contribution < 1.29 is 4.39 Å². The van der Waals surface area contributed by atoms with Gasteiger partial charge in [-0.3, -0.25) is 4.79 Å². The molecule has 0 aliphatic rings. The first kappa shape index (κ1) is 12.3. The van der Waals surface area contributed by atoms with Crippen LogP contribution in [-0.4, -0.2) is 9.78 Å². The minimum atomic E-state index is -0.438. The Bertz CT molecular complexity index is 822. The molecule has 5 heteroatoms. The topological polar surface area (TPSA) is 60.9 Å². The van der Waals surface area contributed by atoms with E-state index in [-0.39, 0.29) is 17.7 Å². The molecule has 3 rings (SSSR count). The third-order valence-corrected chi connectivity index (χ3v) is 3.22. The van der Waals surface area contributed by atoms with Crippen molar-refractivity contribution in [3.8, 4) is 0 Å². The lowest BCUT2D eigenvalue weighted by atomic mass is 10.1. The molecule has 0 atom stereocenters. The molecule has 1 aromatic heterocycles. The number of anilines is 1. The van der Waals surface area contributed by atoms with Gasteiger partial charge < -0.3 is 5.73 Å². The molecular weight excluding hydrogens is 257 g/mol. The van der Waals surface area contributed by atoms with Crippen LogP contribution in [0.1, 0.15) is 5.56 Å². The molecular formula is C15H12FN3O. The third-order valence-electron chi connectivity index (χ3n) is 3.22. The van der Waals surface area contributed by atoms with Crippen molar-refractivity contribution >= 4 is 16.5 Å². The molecule has 4 nitrogen and oxygen atoms in total. The molecule has 0 saturated carbocycles. The van der Waals surface area contributed by atoms with E-state index >= 15 is 0 Å². The maximum absolute atomic E-state index is 13.8. The molecule has 0 radical (unpaired) electrons. The van der Waals surface area contributed by atoms with E-state index in [0.29, 0.717) is 11.1 Å². The second kappa shape index (κ2) is 4.77. The largest absolute Gasteiger partial charge is 0.398 e. The second-order valence-electron chi connectivity index (χ2n) is 4.50. The Kier molecular flexibility index (Phi) is 2.95. The van der Waals surface area contributed by atoms with Crippen molar-refractivity contribution in [2.24, 2.45) is 0 Å². The van der Waals surface area contributed by atoms with Crippen molar-refractivity contribution in [3.05, 3.63) is 70.4 Å². The van der Waals surface area contributed by atoms with Crippen LogP contribution < -0.4 is 11.3 Å². The first-order valence-corrected chi connectivity index (χ1v) is 6.14. The Hall–Kier alpha value is -2.69. The van der Waals surface area contributed by atoms with Gasteiger partial charge in [0.15, 0.2) is 0 Å². The number of nitrogens with zero attached hydrogens (tertiary/aromatic N) is 2. The van der Waals surface area contributed by atoms with Gasteiger partial charge in [-0.05, 0) is 18.2 Å². The summed E-state index contributed by atoms with van der Waals surface area (Å²) in [5, 5.41) is 5.38. The van der Waals surface area contributed by atoms with Crippen LogP contribution in [0.25, 0.3) is 10.8 Å². The molecule has 1 heterocycles. The number of hydrogen-bond donors (Lipinski definition) is 1. The van der Waals surface area contributed by atoms with Gasteiger partial charge >= 0.3 is 0 Å². The first-order valence-electron chi connectivity index (χ1n) is 6.14. The van der Waals surface area contributed by atoms with Crippen LogP contribution in [0.2, 0.25) is 0 Å². The van der Waals surface area contributed by atoms with Gasteiger partial charge in [-0.25, -0.2) is 9.07 Å². The van der Waals surface area contributed by atoms with Crippen LogP contribution in [-0.2, 0) is 6.54 Å². The highest BCUT2D eigenvalue weighted by Crippen LogP contribution is 2.16. The third kappa shape index (κ3) is 2.03. The molecule has 3 aromatic rings. The normalized spacial score (nSPS) is 10.8. The average Bonchev–Trinajstić information content (AvgIpc) is 2.45. The number of nitrogen functional groups attached to an aromatic ring is 1. The second-order valence-corrected chi connectivity index (χ2v) is 4.50. The highest BCUT2D eigenvalue weighted by atomic mass is 19.1. The van der Waals surface area contributed by atoms with Crippen LogP contribution in [0.15, 0.2) is 53.5 Å². The number of fused-ring (bicyclic) bond motifs is 1. The average molecular weight is 269 g/mol. The molecule has 100 valence electrons. The molecule has 20 heavy (non-hydrogen) atoms. The number of aromatic nitrogens is 2. The van der Waals surface area contributed by atoms with Crippen molar-refractivity contribution in [2.75, 3.05) is 5.73 Å². The van der Waals surface area contributed by atoms with Gasteiger partial charge in [0.1, 0.15) is 5.82 Å². The lowest BCUT2D eigenvalue weighted by Gasteiger charge is -2.09. The number of halogens is 1. The fourth-order valence-electron chi connectivity index (χ4n) is 2.13. The van der Waals surface area contributed by atoms with Gasteiger partial charge in [0.05, 0.1) is 18.1 Å². The van der Waals surface area contributed by atoms with E-state index in [0.717, 1.165) is 5.39 Å². The van der Waals surface area contributed by atoms with Gasteiger partial charge in [0, 0.05) is 16.6 Å². The Labute approximate surface area is 114 Å². The summed E-state index contributed by atoms with van der Waals surface area (Å²) in [4.78, 5) is 12.3. The van der Waals surface area contributed by atoms with Gasteiger partial charge in [-0.15, -0.1) is 0 Å². The summed E-state index contributed by atoms with van der Waals surface area (Å²) in [6, 6.07) is 11.6. The zero-order valence-electron chi connectivity index (χ0n) is 10.6. The minimum Gasteiger partial charge on any atom is -0.398 e. The highest BCUT2D eigenvalue weighted by Gasteiger charge is 2.10. The van der Waals surface area contributed by atoms with Crippen LogP contribution in [0.4, 0.5) is 10.1 Å². The van der Waals surface area contributed by atoms with Gasteiger partial charge in [-0.2, -0.15) is 5.10 Å². The molecule has 0 unspecified atom stereocenters. The van der Waals surface area contributed by atoms with E-state index in [4.69, 9.17) is 5.73 Å². The van der Waals surface area contributed by atoms with E-state index in [1.54, 1.807) is 24.4 Å². The van der Waals surface area contributed by atoms with Gasteiger partial charge in [-0.1, -0.05) is 24.3 Å². The van der Waals surface area contributed by atoms with E-state index in [2.05, 4.69) is 5.10 Å². The van der Waals surface area contributed by atoms with E-state index in [1.807, 2.05) is 12.1 Å². The summed E-state index contributed by atoms with van der Waals surface area (Å²) in [5.74, 6) is -0.438. The number of rotatable bonds is 2. The van der Waals surface area contributed by atoms with Gasteiger partial charge in [0.2, 0.25) is 0 Å². The first-order chi connectivity index (χ1) is 9.66. The minimum absolute atomic E-state index is 0.0160. The summed E-state index contributed by atoms with van der Waals surface area (Å²) in [6.45, 7) is 0.0160. The lowest BCUT2D eigenvalue weighted by molar-refractivity contribution is 0.576. The Morgan fingerprint density at radius 3 is 2.75 bits per heavy atom. The molecule has 0 fully saturated rings. The molecule has 0 aliphatic heterocycles. The predicted molar refractivity (Wildman–Crippen MR) is 75.9 cm³/mol. The van der Waals surface area contributed by atoms with Crippen LogP contribution in [0.5, 0.6) is 0 Å². The van der Waals surface area contributed by atoms with Crippen molar-refractivity contribution in [1.82, 2.24) is 9.78 Å². The van der Waals surface area contributed by atoms with Crippen LogP contribution in [0.3, 0.4) is 0 Å². The summed E-state index contributed by atoms with van der Waals surface area (Å²) in [5.41, 5.74) is 6.08. The van der Waals surface area contributed by atoms with E-state index < -0.39 is 5.82 Å². The summed E-state index contributed by atoms with van der Waals surface area (Å²) in [6.07, 6.45) is 1.59. The monoisotopic (exact) mass is 269 g/mol. The molecule has 0 amide bonds. The Morgan fingerprint density at radius 2 is 1.95 bits per heavy atom. The standard InChI is InChI=1S/C15H12FN3O/c16-13-6-3-7-14(17)12(13)9-19-15(20)11-5-2-1-4-10(11)8-18-19/h1-8H,9,17H2. The molecule has 0 spiro atoms. The Morgan fingerprint density at radius 1 is 1.15 bits per heavy atom. The van der Waals surface area contributed by atoms with Crippen molar-refractivity contribution in [1.29, 1.82) is 0 Å². The Balaban J connectivity index is 2.12. The maximum Gasteiger partial charge on any atom is 0.274 e. The molecule has 2 aromatic carbocycles. The maximum atomic E-state index is 13.8. The number of hydrogen-bond acceptors (Lipinski definition) is 3. The SMILES string of the molecule is Nc1cccc(F)c1Cn1ncc2ccccc2c1=O. The fraction of sp³-hybridized carbons (Fsp3) is 0.0667. The smallest absolute Gasteiger partial charge is 0.274 e.